The highest BCUT2D eigenvalue weighted by Crippen LogP contribution is 2.50. The number of hydrogen-bond donors (Lipinski definition) is 5. The summed E-state index contributed by atoms with van der Waals surface area (Å²) >= 11 is 0. The molecule has 9 heteroatoms. The van der Waals surface area contributed by atoms with Crippen molar-refractivity contribution < 1.29 is 23.9 Å². The molecule has 3 atom stereocenters. The van der Waals surface area contributed by atoms with E-state index in [4.69, 9.17) is 5.73 Å². The maximum absolute atomic E-state index is 12.7. The molecule has 2 rings (SSSR count). The molecule has 0 fully saturated rings. The van der Waals surface area contributed by atoms with Gasteiger partial charge in [-0.15, -0.1) is 0 Å². The van der Waals surface area contributed by atoms with Gasteiger partial charge in [-0.2, -0.15) is 0 Å². The Kier molecular flexibility index (Phi) is 7.48. The van der Waals surface area contributed by atoms with Crippen molar-refractivity contribution in [3.63, 3.8) is 0 Å². The second-order valence-electron chi connectivity index (χ2n) is 6.44. The summed E-state index contributed by atoms with van der Waals surface area (Å²) in [6.45, 7) is 1.44. The second kappa shape index (κ2) is 9.61. The number of nitrogens with one attached hydrogen (secondary N) is 2. The summed E-state index contributed by atoms with van der Waals surface area (Å²) in [5, 5.41) is 5.25. The lowest BCUT2D eigenvalue weighted by Crippen LogP contribution is -2.52. The first-order valence-corrected chi connectivity index (χ1v) is 10.4. The van der Waals surface area contributed by atoms with Gasteiger partial charge in [0.2, 0.25) is 11.8 Å². The molecule has 6 N–H and O–H groups in total. The number of amides is 2. The summed E-state index contributed by atoms with van der Waals surface area (Å²) in [5.74, 6) is -2.66. The van der Waals surface area contributed by atoms with Gasteiger partial charge in [-0.1, -0.05) is 60.7 Å². The van der Waals surface area contributed by atoms with E-state index < -0.39 is 37.3 Å². The molecule has 28 heavy (non-hydrogen) atoms. The van der Waals surface area contributed by atoms with E-state index >= 15 is 0 Å². The Balaban J connectivity index is 2.31. The van der Waals surface area contributed by atoms with Crippen LogP contribution in [0.3, 0.4) is 0 Å². The van der Waals surface area contributed by atoms with Crippen LogP contribution in [0, 0.1) is 0 Å². The summed E-state index contributed by atoms with van der Waals surface area (Å²) in [6, 6.07) is 15.3. The lowest BCUT2D eigenvalue weighted by Gasteiger charge is -2.27. The molecule has 8 nitrogen and oxygen atoms in total. The van der Waals surface area contributed by atoms with Gasteiger partial charge in [-0.3, -0.25) is 19.5 Å². The fourth-order valence-corrected chi connectivity index (χ4v) is 3.61. The lowest BCUT2D eigenvalue weighted by molar-refractivity contribution is -0.128. The first-order valence-electron chi connectivity index (χ1n) is 8.68. The van der Waals surface area contributed by atoms with Gasteiger partial charge < -0.3 is 20.8 Å². The monoisotopic (exact) mass is 405 g/mol. The van der Waals surface area contributed by atoms with Crippen LogP contribution in [-0.2, 0) is 20.6 Å². The Morgan fingerprint density at radius 3 is 2.07 bits per heavy atom. The van der Waals surface area contributed by atoms with Crippen molar-refractivity contribution in [2.45, 2.75) is 31.2 Å². The average Bonchev–Trinajstić information content (AvgIpc) is 2.65. The van der Waals surface area contributed by atoms with Crippen molar-refractivity contribution in [1.29, 1.82) is 0 Å². The van der Waals surface area contributed by atoms with Gasteiger partial charge in [0.25, 0.3) is 0 Å². The fraction of sp³-hybridized carbons (Fsp3) is 0.263. The highest BCUT2D eigenvalue weighted by Gasteiger charge is 2.35. The van der Waals surface area contributed by atoms with Crippen LogP contribution < -0.4 is 16.4 Å². The van der Waals surface area contributed by atoms with Crippen molar-refractivity contribution in [3.05, 3.63) is 71.8 Å². The Hall–Kier alpha value is -2.51. The number of benzene rings is 2. The van der Waals surface area contributed by atoms with Gasteiger partial charge in [0.05, 0.1) is 6.04 Å². The van der Waals surface area contributed by atoms with Gasteiger partial charge in [-0.25, -0.2) is 0 Å². The first-order chi connectivity index (χ1) is 13.2. The summed E-state index contributed by atoms with van der Waals surface area (Å²) in [6.07, 6.45) is 0.168. The van der Waals surface area contributed by atoms with Gasteiger partial charge in [-0.05, 0) is 24.5 Å². The number of rotatable bonds is 9. The zero-order chi connectivity index (χ0) is 20.7. The molecular weight excluding hydrogens is 381 g/mol. The number of carbonyl (C=O) groups is 2. The molecule has 1 unspecified atom stereocenters. The van der Waals surface area contributed by atoms with E-state index in [0.717, 1.165) is 5.56 Å². The topological polar surface area (TPSA) is 142 Å². The zero-order valence-corrected chi connectivity index (χ0v) is 16.3. The molecule has 0 radical (unpaired) electrons. The van der Waals surface area contributed by atoms with Crippen LogP contribution in [0.15, 0.2) is 60.7 Å². The first kappa shape index (κ1) is 21.8. The normalized spacial score (nSPS) is 14.7. The zero-order valence-electron chi connectivity index (χ0n) is 15.4. The van der Waals surface area contributed by atoms with Crippen LogP contribution >= 0.6 is 7.60 Å². The van der Waals surface area contributed by atoms with E-state index in [1.807, 2.05) is 6.07 Å². The minimum atomic E-state index is -4.63. The largest absolute Gasteiger partial charge is 0.368 e. The number of nitrogens with two attached hydrogens (primary N) is 1. The standard InChI is InChI=1S/C19H24N3O5P/c1-13(17(20)23)21-18(24)16(12-14-8-4-2-5-9-14)22-19(28(25,26)27)15-10-6-3-7-11-15/h2-11,13,16,19,22H,12H2,1H3,(H2,20,23)(H,21,24)(H2,25,26,27)/t13-,16-,19?/m0/s1. The molecule has 0 saturated carbocycles. The molecule has 0 aromatic heterocycles. The second-order valence-corrected chi connectivity index (χ2v) is 8.14. The lowest BCUT2D eigenvalue weighted by atomic mass is 10.0. The SMILES string of the molecule is C[C@H](NC(=O)[C@H](Cc1ccccc1)NC(c1ccccc1)P(=O)(O)O)C(N)=O. The molecule has 0 spiro atoms. The van der Waals surface area contributed by atoms with Crippen LogP contribution in [0.5, 0.6) is 0 Å². The maximum atomic E-state index is 12.7. The van der Waals surface area contributed by atoms with Crippen LogP contribution in [0.25, 0.3) is 0 Å². The summed E-state index contributed by atoms with van der Waals surface area (Å²) in [7, 11) is -4.63. The van der Waals surface area contributed by atoms with E-state index in [1.54, 1.807) is 54.6 Å². The highest BCUT2D eigenvalue weighted by molar-refractivity contribution is 7.52. The molecular formula is C19H24N3O5P. The van der Waals surface area contributed by atoms with E-state index in [2.05, 4.69) is 10.6 Å². The maximum Gasteiger partial charge on any atom is 0.346 e. The highest BCUT2D eigenvalue weighted by atomic mass is 31.2. The van der Waals surface area contributed by atoms with Crippen LogP contribution in [0.2, 0.25) is 0 Å². The molecule has 2 aromatic rings. The number of primary amides is 1. The Labute approximate surface area is 163 Å². The van der Waals surface area contributed by atoms with Gasteiger partial charge in [0.15, 0.2) is 0 Å². The Morgan fingerprint density at radius 1 is 1.04 bits per heavy atom. The van der Waals surface area contributed by atoms with Gasteiger partial charge in [0.1, 0.15) is 11.8 Å². The molecule has 0 aliphatic heterocycles. The average molecular weight is 405 g/mol. The smallest absolute Gasteiger partial charge is 0.346 e. The quantitative estimate of drug-likeness (QED) is 0.395. The summed E-state index contributed by atoms with van der Waals surface area (Å²) in [4.78, 5) is 43.7. The molecule has 0 heterocycles. The van der Waals surface area contributed by atoms with E-state index in [9.17, 15) is 23.9 Å². The molecule has 0 aliphatic carbocycles. The molecule has 2 amide bonds. The van der Waals surface area contributed by atoms with Crippen LogP contribution in [-0.4, -0.2) is 33.7 Å². The number of carbonyl (C=O) groups excluding carboxylic acids is 2. The van der Waals surface area contributed by atoms with Crippen molar-refractivity contribution in [2.24, 2.45) is 5.73 Å². The van der Waals surface area contributed by atoms with E-state index in [0.29, 0.717) is 5.56 Å². The Bertz CT molecular complexity index is 841. The molecule has 0 saturated heterocycles. The molecule has 0 aliphatic rings. The van der Waals surface area contributed by atoms with Crippen molar-refractivity contribution in [3.8, 4) is 0 Å². The van der Waals surface area contributed by atoms with E-state index in [1.165, 1.54) is 6.92 Å². The predicted octanol–water partition coefficient (Wildman–Crippen LogP) is 1.05. The third kappa shape index (κ3) is 6.28. The summed E-state index contributed by atoms with van der Waals surface area (Å²) < 4.78 is 12.1. The molecule has 2 aromatic carbocycles. The third-order valence-corrected chi connectivity index (χ3v) is 5.32. The van der Waals surface area contributed by atoms with Gasteiger partial charge in [0, 0.05) is 0 Å². The van der Waals surface area contributed by atoms with Crippen LogP contribution in [0.1, 0.15) is 23.8 Å². The van der Waals surface area contributed by atoms with Crippen molar-refractivity contribution >= 4 is 19.4 Å². The number of hydrogen-bond acceptors (Lipinski definition) is 4. The Morgan fingerprint density at radius 2 is 1.57 bits per heavy atom. The van der Waals surface area contributed by atoms with E-state index in [-0.39, 0.29) is 6.42 Å². The third-order valence-electron chi connectivity index (χ3n) is 4.20. The van der Waals surface area contributed by atoms with Crippen molar-refractivity contribution in [2.75, 3.05) is 0 Å². The molecule has 0 bridgehead atoms. The minimum absolute atomic E-state index is 0.168. The minimum Gasteiger partial charge on any atom is -0.368 e. The van der Waals surface area contributed by atoms with Crippen molar-refractivity contribution in [1.82, 2.24) is 10.6 Å². The summed E-state index contributed by atoms with van der Waals surface area (Å²) in [5.41, 5.74) is 6.34. The predicted molar refractivity (Wildman–Crippen MR) is 105 cm³/mol. The molecule has 150 valence electrons. The van der Waals surface area contributed by atoms with Crippen LogP contribution in [0.4, 0.5) is 0 Å². The van der Waals surface area contributed by atoms with Gasteiger partial charge >= 0.3 is 7.60 Å². The fourth-order valence-electron chi connectivity index (χ4n) is 2.68.